The molecule has 0 saturated carbocycles. The summed E-state index contributed by atoms with van der Waals surface area (Å²) in [5.74, 6) is 0.259. The fourth-order valence-electron chi connectivity index (χ4n) is 2.47. The van der Waals surface area contributed by atoms with Crippen LogP contribution in [0.3, 0.4) is 0 Å². The summed E-state index contributed by atoms with van der Waals surface area (Å²) in [6.45, 7) is 6.73. The Hall–Kier alpha value is -1.90. The van der Waals surface area contributed by atoms with Gasteiger partial charge in [0, 0.05) is 6.54 Å². The topological polar surface area (TPSA) is 84.5 Å². The second-order valence-electron chi connectivity index (χ2n) is 6.84. The fraction of sp³-hybridized carbons (Fsp3) is 0.450. The molecule has 8 heteroatoms. The van der Waals surface area contributed by atoms with Crippen LogP contribution in [0, 0.1) is 5.92 Å². The van der Waals surface area contributed by atoms with E-state index in [0.717, 1.165) is 35.5 Å². The fourth-order valence-corrected chi connectivity index (χ4v) is 4.82. The molecule has 1 heterocycles. The first kappa shape index (κ1) is 22.4. The minimum Gasteiger partial charge on any atom is -0.494 e. The first-order valence-corrected chi connectivity index (χ1v) is 11.7. The molecule has 0 bridgehead atoms. The number of amides is 1. The van der Waals surface area contributed by atoms with E-state index in [1.807, 2.05) is 38.1 Å². The van der Waals surface area contributed by atoms with Crippen LogP contribution in [0.2, 0.25) is 0 Å². The molecule has 0 aliphatic carbocycles. The van der Waals surface area contributed by atoms with Gasteiger partial charge in [0.15, 0.2) is 0 Å². The largest absolute Gasteiger partial charge is 0.494 e. The lowest BCUT2D eigenvalue weighted by atomic mass is 10.0. The third kappa shape index (κ3) is 6.61. The molecule has 0 aliphatic rings. The number of sulfonamides is 1. The molecular weight excluding hydrogens is 396 g/mol. The van der Waals surface area contributed by atoms with E-state index < -0.39 is 16.1 Å². The van der Waals surface area contributed by atoms with Crippen LogP contribution in [0.1, 0.15) is 39.2 Å². The van der Waals surface area contributed by atoms with Gasteiger partial charge < -0.3 is 10.1 Å². The van der Waals surface area contributed by atoms with Gasteiger partial charge in [-0.25, -0.2) is 8.42 Å². The number of hydrogen-bond donors (Lipinski definition) is 2. The molecule has 2 rings (SSSR count). The van der Waals surface area contributed by atoms with Crippen LogP contribution in [0.4, 0.5) is 0 Å². The van der Waals surface area contributed by atoms with E-state index in [1.54, 1.807) is 11.4 Å². The van der Waals surface area contributed by atoms with Gasteiger partial charge in [0.25, 0.3) is 10.0 Å². The molecule has 1 amide bonds. The number of unbranched alkanes of at least 4 members (excludes halogenated alkanes) is 1. The first-order chi connectivity index (χ1) is 13.3. The first-order valence-electron chi connectivity index (χ1n) is 9.38. The maximum atomic E-state index is 12.6. The van der Waals surface area contributed by atoms with E-state index in [9.17, 15) is 13.2 Å². The predicted molar refractivity (Wildman–Crippen MR) is 112 cm³/mol. The Morgan fingerprint density at radius 2 is 1.89 bits per heavy atom. The third-order valence-corrected chi connectivity index (χ3v) is 6.99. The number of nitrogens with one attached hydrogen (secondary N) is 2. The molecule has 0 aliphatic heterocycles. The van der Waals surface area contributed by atoms with E-state index >= 15 is 0 Å². The van der Waals surface area contributed by atoms with Crippen molar-refractivity contribution in [3.05, 3.63) is 47.3 Å². The van der Waals surface area contributed by atoms with Crippen molar-refractivity contribution in [1.82, 2.24) is 10.0 Å². The van der Waals surface area contributed by atoms with Gasteiger partial charge in [-0.3, -0.25) is 4.79 Å². The van der Waals surface area contributed by atoms with Gasteiger partial charge in [-0.2, -0.15) is 4.72 Å². The summed E-state index contributed by atoms with van der Waals surface area (Å²) < 4.78 is 33.2. The molecule has 0 fully saturated rings. The highest BCUT2D eigenvalue weighted by atomic mass is 32.2. The normalized spacial score (nSPS) is 12.7. The van der Waals surface area contributed by atoms with Crippen LogP contribution in [0.5, 0.6) is 5.75 Å². The molecule has 154 valence electrons. The van der Waals surface area contributed by atoms with Crippen molar-refractivity contribution >= 4 is 27.3 Å². The molecule has 1 aromatic carbocycles. The van der Waals surface area contributed by atoms with Gasteiger partial charge in [-0.15, -0.1) is 11.3 Å². The molecule has 2 aromatic rings. The van der Waals surface area contributed by atoms with Gasteiger partial charge in [0.05, 0.1) is 6.61 Å². The second kappa shape index (κ2) is 10.6. The number of benzene rings is 1. The zero-order chi connectivity index (χ0) is 20.6. The molecule has 0 spiro atoms. The predicted octanol–water partition coefficient (Wildman–Crippen LogP) is 3.55. The highest BCUT2D eigenvalue weighted by Crippen LogP contribution is 2.17. The molecular formula is C20H28N2O4S2. The lowest BCUT2D eigenvalue weighted by molar-refractivity contribution is -0.123. The monoisotopic (exact) mass is 424 g/mol. The van der Waals surface area contributed by atoms with Gasteiger partial charge in [0.1, 0.15) is 16.0 Å². The Kier molecular flexibility index (Phi) is 8.47. The van der Waals surface area contributed by atoms with Crippen molar-refractivity contribution in [2.75, 3.05) is 6.61 Å². The van der Waals surface area contributed by atoms with Crippen molar-refractivity contribution in [3.63, 3.8) is 0 Å². The lowest BCUT2D eigenvalue weighted by Gasteiger charge is -2.21. The Morgan fingerprint density at radius 1 is 1.18 bits per heavy atom. The summed E-state index contributed by atoms with van der Waals surface area (Å²) in [5, 5.41) is 4.51. The Bertz CT molecular complexity index is 832. The van der Waals surface area contributed by atoms with Crippen LogP contribution in [-0.2, 0) is 21.4 Å². The minimum absolute atomic E-state index is 0.191. The summed E-state index contributed by atoms with van der Waals surface area (Å²) in [7, 11) is -3.71. The average molecular weight is 425 g/mol. The van der Waals surface area contributed by atoms with E-state index in [2.05, 4.69) is 17.0 Å². The summed E-state index contributed by atoms with van der Waals surface area (Å²) in [4.78, 5) is 12.6. The van der Waals surface area contributed by atoms with Crippen molar-refractivity contribution < 1.29 is 17.9 Å². The number of thiophene rings is 1. The molecule has 1 unspecified atom stereocenters. The van der Waals surface area contributed by atoms with Gasteiger partial charge in [0.2, 0.25) is 5.91 Å². The number of hydrogen-bond acceptors (Lipinski definition) is 5. The third-order valence-electron chi connectivity index (χ3n) is 4.15. The van der Waals surface area contributed by atoms with Crippen LogP contribution in [0.25, 0.3) is 0 Å². The van der Waals surface area contributed by atoms with E-state index in [0.29, 0.717) is 13.2 Å². The van der Waals surface area contributed by atoms with Crippen LogP contribution in [0.15, 0.2) is 46.0 Å². The molecule has 2 N–H and O–H groups in total. The number of ether oxygens (including phenoxy) is 1. The van der Waals surface area contributed by atoms with E-state index in [4.69, 9.17) is 4.74 Å². The van der Waals surface area contributed by atoms with E-state index in [-0.39, 0.29) is 16.0 Å². The second-order valence-corrected chi connectivity index (χ2v) is 9.73. The van der Waals surface area contributed by atoms with Crippen LogP contribution in [-0.4, -0.2) is 27.0 Å². The van der Waals surface area contributed by atoms with Gasteiger partial charge in [-0.05, 0) is 41.5 Å². The molecule has 6 nitrogen and oxygen atoms in total. The Morgan fingerprint density at radius 3 is 2.46 bits per heavy atom. The Balaban J connectivity index is 1.93. The quantitative estimate of drug-likeness (QED) is 0.540. The zero-order valence-corrected chi connectivity index (χ0v) is 18.1. The Labute approximate surface area is 171 Å². The SMILES string of the molecule is CCCCOc1ccc(CNC(=O)C(NS(=O)(=O)c2cccs2)C(C)C)cc1. The summed E-state index contributed by atoms with van der Waals surface area (Å²) >= 11 is 1.12. The van der Waals surface area contributed by atoms with Crippen LogP contribution < -0.4 is 14.8 Å². The molecule has 0 radical (unpaired) electrons. The minimum atomic E-state index is -3.71. The summed E-state index contributed by atoms with van der Waals surface area (Å²) in [6.07, 6.45) is 2.09. The molecule has 28 heavy (non-hydrogen) atoms. The average Bonchev–Trinajstić information content (AvgIpc) is 3.21. The van der Waals surface area contributed by atoms with Crippen molar-refractivity contribution in [3.8, 4) is 5.75 Å². The summed E-state index contributed by atoms with van der Waals surface area (Å²) in [6, 6.07) is 9.87. The highest BCUT2D eigenvalue weighted by Gasteiger charge is 2.28. The lowest BCUT2D eigenvalue weighted by Crippen LogP contribution is -2.49. The maximum Gasteiger partial charge on any atom is 0.250 e. The maximum absolute atomic E-state index is 12.6. The standard InChI is InChI=1S/C20H28N2O4S2/c1-4-5-12-26-17-10-8-16(9-11-17)14-21-20(23)19(15(2)3)22-28(24,25)18-7-6-13-27-18/h6-11,13,15,19,22H,4-5,12,14H2,1-3H3,(H,21,23). The highest BCUT2D eigenvalue weighted by molar-refractivity contribution is 7.91. The molecule has 1 aromatic heterocycles. The smallest absolute Gasteiger partial charge is 0.250 e. The molecule has 0 saturated heterocycles. The van der Waals surface area contributed by atoms with Gasteiger partial charge in [-0.1, -0.05) is 45.4 Å². The van der Waals surface area contributed by atoms with Crippen molar-refractivity contribution in [2.24, 2.45) is 5.92 Å². The number of rotatable bonds is 11. The van der Waals surface area contributed by atoms with E-state index in [1.165, 1.54) is 6.07 Å². The number of carbonyl (C=O) groups excluding carboxylic acids is 1. The molecule has 1 atom stereocenters. The van der Waals surface area contributed by atoms with Crippen molar-refractivity contribution in [2.45, 2.75) is 50.4 Å². The zero-order valence-electron chi connectivity index (χ0n) is 16.5. The summed E-state index contributed by atoms with van der Waals surface area (Å²) in [5.41, 5.74) is 0.916. The number of carbonyl (C=O) groups is 1. The van der Waals surface area contributed by atoms with Gasteiger partial charge >= 0.3 is 0 Å². The van der Waals surface area contributed by atoms with Crippen LogP contribution >= 0.6 is 11.3 Å². The van der Waals surface area contributed by atoms with Crippen molar-refractivity contribution in [1.29, 1.82) is 0 Å².